The van der Waals surface area contributed by atoms with E-state index in [1.807, 2.05) is 0 Å². The average Bonchev–Trinajstić information content (AvgIpc) is 3.33. The molecule has 0 saturated carbocycles. The Hall–Kier alpha value is -2.33. The van der Waals surface area contributed by atoms with Crippen molar-refractivity contribution in [3.63, 3.8) is 0 Å². The number of aryl methyl sites for hydroxylation is 1. The molecule has 0 fully saturated rings. The molecule has 2 aliphatic rings. The third-order valence-electron chi connectivity index (χ3n) is 5.56. The maximum Gasteiger partial charge on any atom is 0.354 e. The number of carbonyl (C=O) groups excluding carboxylic acids is 1. The Morgan fingerprint density at radius 1 is 1.38 bits per heavy atom. The second-order valence-electron chi connectivity index (χ2n) is 8.02. The largest absolute Gasteiger partial charge is 0.354 e. The summed E-state index contributed by atoms with van der Waals surface area (Å²) in [4.78, 5) is 17.4. The molecule has 156 valence electrons. The van der Waals surface area contributed by atoms with Gasteiger partial charge in [0.25, 0.3) is 0 Å². The van der Waals surface area contributed by atoms with Crippen molar-refractivity contribution in [3.05, 3.63) is 34.5 Å². The lowest BCUT2D eigenvalue weighted by Crippen LogP contribution is -2.20. The van der Waals surface area contributed by atoms with Crippen LogP contribution in [0.3, 0.4) is 0 Å². The van der Waals surface area contributed by atoms with Crippen LogP contribution in [0.1, 0.15) is 68.1 Å². The summed E-state index contributed by atoms with van der Waals surface area (Å²) in [6.45, 7) is 5.71. The van der Waals surface area contributed by atoms with Gasteiger partial charge in [0.1, 0.15) is 0 Å². The van der Waals surface area contributed by atoms with Crippen LogP contribution in [0.15, 0.2) is 15.6 Å². The summed E-state index contributed by atoms with van der Waals surface area (Å²) >= 11 is 0. The summed E-state index contributed by atoms with van der Waals surface area (Å²) in [5.74, 6) is -0.515. The molecular weight excluding hydrogens is 395 g/mol. The number of aromatic nitrogens is 3. The molecule has 10 heteroatoms. The average molecular weight is 421 g/mol. The van der Waals surface area contributed by atoms with Crippen molar-refractivity contribution >= 4 is 21.6 Å². The van der Waals surface area contributed by atoms with Crippen molar-refractivity contribution in [2.75, 3.05) is 5.32 Å². The van der Waals surface area contributed by atoms with E-state index in [-0.39, 0.29) is 6.04 Å². The summed E-state index contributed by atoms with van der Waals surface area (Å²) in [7, 11) is -3.82. The standard InChI is InChI=1S/C19H25FN6O2S/c1-10(2)26-9-14(20)18(24-26)29(21,28)25-19(27)23-17-12-5-4-6-15(12)22-16-11(3)7-8-13(16)17/h9-11H,4-8H2,1-3H3,(H3,21,22,23,25,27,28)/t11-,29-/m1/s1. The SMILES string of the molecule is CC(C)n1cc(F)c([S@](N)(=O)=NC(=O)Nc2c3c(nc4c2CC[C@H]4C)CCC3)n1. The molecule has 2 amide bonds. The first-order chi connectivity index (χ1) is 13.7. The molecule has 4 rings (SSSR count). The molecule has 2 aromatic heterocycles. The van der Waals surface area contributed by atoms with Crippen molar-refractivity contribution in [3.8, 4) is 0 Å². The lowest BCUT2D eigenvalue weighted by Gasteiger charge is -2.15. The van der Waals surface area contributed by atoms with E-state index < -0.39 is 26.8 Å². The fourth-order valence-corrected chi connectivity index (χ4v) is 4.99. The van der Waals surface area contributed by atoms with Gasteiger partial charge in [-0.1, -0.05) is 6.92 Å². The number of nitrogens with two attached hydrogens (primary N) is 1. The quantitative estimate of drug-likeness (QED) is 0.791. The first-order valence-electron chi connectivity index (χ1n) is 9.82. The monoisotopic (exact) mass is 420 g/mol. The summed E-state index contributed by atoms with van der Waals surface area (Å²) in [6.07, 6.45) is 5.56. The highest BCUT2D eigenvalue weighted by Gasteiger charge is 2.30. The molecule has 3 N–H and O–H groups in total. The summed E-state index contributed by atoms with van der Waals surface area (Å²) in [6, 6.07) is -1.01. The Balaban J connectivity index is 1.69. The van der Waals surface area contributed by atoms with Gasteiger partial charge in [0.15, 0.2) is 15.7 Å². The van der Waals surface area contributed by atoms with Crippen LogP contribution in [0.4, 0.5) is 14.9 Å². The number of anilines is 1. The first-order valence-corrected chi connectivity index (χ1v) is 11.4. The summed E-state index contributed by atoms with van der Waals surface area (Å²) in [5.41, 5.74) is 4.75. The van der Waals surface area contributed by atoms with Crippen LogP contribution in [-0.2, 0) is 29.2 Å². The van der Waals surface area contributed by atoms with E-state index in [1.54, 1.807) is 13.8 Å². The van der Waals surface area contributed by atoms with E-state index in [9.17, 15) is 13.4 Å². The van der Waals surface area contributed by atoms with Crippen molar-refractivity contribution in [2.45, 2.75) is 69.9 Å². The highest BCUT2D eigenvalue weighted by atomic mass is 32.2. The number of urea groups is 1. The Labute approximate surface area is 169 Å². The topological polar surface area (TPSA) is 115 Å². The number of carbonyl (C=O) groups is 1. The third-order valence-corrected chi connectivity index (χ3v) is 6.83. The number of pyridine rings is 1. The summed E-state index contributed by atoms with van der Waals surface area (Å²) < 4.78 is 31.9. The fraction of sp³-hybridized carbons (Fsp3) is 0.526. The van der Waals surface area contributed by atoms with Gasteiger partial charge in [0, 0.05) is 17.4 Å². The van der Waals surface area contributed by atoms with Gasteiger partial charge in [-0.3, -0.25) is 9.67 Å². The van der Waals surface area contributed by atoms with Gasteiger partial charge < -0.3 is 5.32 Å². The predicted octanol–water partition coefficient (Wildman–Crippen LogP) is 3.47. The molecule has 2 atom stereocenters. The molecule has 8 nitrogen and oxygen atoms in total. The van der Waals surface area contributed by atoms with E-state index in [1.165, 1.54) is 4.68 Å². The smallest absolute Gasteiger partial charge is 0.305 e. The van der Waals surface area contributed by atoms with Crippen LogP contribution in [-0.4, -0.2) is 25.0 Å². The van der Waals surface area contributed by atoms with Crippen LogP contribution in [0.25, 0.3) is 0 Å². The van der Waals surface area contributed by atoms with Crippen LogP contribution in [0.2, 0.25) is 0 Å². The molecule has 0 spiro atoms. The molecule has 2 heterocycles. The zero-order valence-electron chi connectivity index (χ0n) is 16.7. The van der Waals surface area contributed by atoms with Gasteiger partial charge in [0.2, 0.25) is 5.03 Å². The first kappa shape index (κ1) is 20.0. The minimum atomic E-state index is -3.82. The molecule has 0 aromatic carbocycles. The van der Waals surface area contributed by atoms with Crippen LogP contribution in [0.5, 0.6) is 0 Å². The number of amides is 2. The van der Waals surface area contributed by atoms with Gasteiger partial charge in [-0.05, 0) is 63.0 Å². The Morgan fingerprint density at radius 2 is 2.14 bits per heavy atom. The second kappa shape index (κ2) is 7.17. The second-order valence-corrected chi connectivity index (χ2v) is 9.72. The highest BCUT2D eigenvalue weighted by Crippen LogP contribution is 2.41. The van der Waals surface area contributed by atoms with Crippen molar-refractivity contribution in [1.82, 2.24) is 14.8 Å². The number of nitrogens with zero attached hydrogens (tertiary/aromatic N) is 4. The molecule has 0 bridgehead atoms. The van der Waals surface area contributed by atoms with Gasteiger partial charge >= 0.3 is 6.03 Å². The molecule has 29 heavy (non-hydrogen) atoms. The van der Waals surface area contributed by atoms with E-state index in [0.717, 1.165) is 60.8 Å². The highest BCUT2D eigenvalue weighted by molar-refractivity contribution is 7.91. The lowest BCUT2D eigenvalue weighted by molar-refractivity contribution is 0.260. The van der Waals surface area contributed by atoms with Gasteiger partial charge in [-0.25, -0.2) is 18.5 Å². The fourth-order valence-electron chi connectivity index (χ4n) is 4.06. The predicted molar refractivity (Wildman–Crippen MR) is 108 cm³/mol. The lowest BCUT2D eigenvalue weighted by atomic mass is 10.0. The Bertz CT molecular complexity index is 1120. The van der Waals surface area contributed by atoms with E-state index in [2.05, 4.69) is 21.7 Å². The Morgan fingerprint density at radius 3 is 2.83 bits per heavy atom. The van der Waals surface area contributed by atoms with Crippen LogP contribution in [0, 0.1) is 5.82 Å². The molecule has 0 aliphatic heterocycles. The van der Waals surface area contributed by atoms with Crippen molar-refractivity contribution < 1.29 is 13.4 Å². The third kappa shape index (κ3) is 3.55. The Kier molecular flexibility index (Phi) is 4.94. The molecular formula is C19H25FN6O2S. The maximum absolute atomic E-state index is 14.2. The minimum absolute atomic E-state index is 0.147. The molecule has 0 saturated heterocycles. The van der Waals surface area contributed by atoms with Gasteiger partial charge in [-0.15, -0.1) is 4.36 Å². The number of nitrogens with one attached hydrogen (secondary N) is 1. The van der Waals surface area contributed by atoms with Crippen LogP contribution >= 0.6 is 0 Å². The summed E-state index contributed by atoms with van der Waals surface area (Å²) in [5, 5.41) is 11.9. The number of hydrogen-bond acceptors (Lipinski definition) is 4. The normalized spacial score (nSPS) is 19.7. The van der Waals surface area contributed by atoms with E-state index in [4.69, 9.17) is 10.1 Å². The van der Waals surface area contributed by atoms with Crippen LogP contribution < -0.4 is 10.5 Å². The maximum atomic E-state index is 14.2. The number of fused-ring (bicyclic) bond motifs is 2. The number of halogens is 1. The molecule has 0 radical (unpaired) electrons. The van der Waals surface area contributed by atoms with E-state index >= 15 is 0 Å². The zero-order chi connectivity index (χ0) is 20.9. The zero-order valence-corrected chi connectivity index (χ0v) is 17.6. The molecule has 2 aliphatic carbocycles. The minimum Gasteiger partial charge on any atom is -0.305 e. The van der Waals surface area contributed by atoms with E-state index in [0.29, 0.717) is 11.6 Å². The van der Waals surface area contributed by atoms with Gasteiger partial charge in [0.05, 0.1) is 11.9 Å². The van der Waals surface area contributed by atoms with Crippen molar-refractivity contribution in [2.24, 2.45) is 9.50 Å². The number of hydrogen-bond donors (Lipinski definition) is 2. The van der Waals surface area contributed by atoms with Gasteiger partial charge in [-0.2, -0.15) is 5.10 Å². The molecule has 2 aromatic rings. The molecule has 0 unspecified atom stereocenters. The van der Waals surface area contributed by atoms with Crippen molar-refractivity contribution in [1.29, 1.82) is 0 Å². The number of rotatable bonds is 3.